The summed E-state index contributed by atoms with van der Waals surface area (Å²) in [6.45, 7) is 7.93. The Bertz CT molecular complexity index is 1130. The molecule has 1 unspecified atom stereocenters. The summed E-state index contributed by atoms with van der Waals surface area (Å²) in [5.41, 5.74) is 1.61. The van der Waals surface area contributed by atoms with E-state index in [4.69, 9.17) is 4.74 Å². The van der Waals surface area contributed by atoms with Gasteiger partial charge in [0.2, 0.25) is 17.7 Å². The predicted molar refractivity (Wildman–Crippen MR) is 154 cm³/mol. The first kappa shape index (κ1) is 29.9. The Morgan fingerprint density at radius 1 is 0.974 bits per heavy atom. The van der Waals surface area contributed by atoms with Crippen molar-refractivity contribution >= 4 is 23.8 Å². The van der Waals surface area contributed by atoms with Crippen molar-refractivity contribution in [1.29, 1.82) is 0 Å². The van der Waals surface area contributed by atoms with Gasteiger partial charge in [-0.3, -0.25) is 19.3 Å². The molecule has 2 bridgehead atoms. The molecule has 8 heteroatoms. The smallest absolute Gasteiger partial charge is 0.247 e. The highest BCUT2D eigenvalue weighted by atomic mass is 16.5. The third-order valence-corrected chi connectivity index (χ3v) is 7.46. The van der Waals surface area contributed by atoms with Gasteiger partial charge in [0.25, 0.3) is 0 Å². The van der Waals surface area contributed by atoms with E-state index < -0.39 is 30.1 Å². The Kier molecular flexibility index (Phi) is 10.7. The second-order valence-corrected chi connectivity index (χ2v) is 10.5. The van der Waals surface area contributed by atoms with Crippen LogP contribution in [0.25, 0.3) is 6.08 Å². The first-order chi connectivity index (χ1) is 18.7. The molecule has 2 aliphatic rings. The maximum absolute atomic E-state index is 14.0. The number of fused-ring (bicyclic) bond motifs is 10. The monoisotopic (exact) mass is 534 g/mol. The molecule has 6 atom stereocenters. The second-order valence-electron chi connectivity index (χ2n) is 10.5. The molecule has 210 valence electrons. The molecule has 2 heterocycles. The highest BCUT2D eigenvalue weighted by Gasteiger charge is 2.38. The third kappa shape index (κ3) is 7.69. The number of amides is 3. The maximum Gasteiger partial charge on any atom is 0.247 e. The highest BCUT2D eigenvalue weighted by molar-refractivity contribution is 5.94. The summed E-state index contributed by atoms with van der Waals surface area (Å²) in [4.78, 5) is 42.8. The number of likely N-dealkylation sites (N-methyl/N-ethyl adjacent to an activating group) is 1. The third-order valence-electron chi connectivity index (χ3n) is 7.46. The molecule has 2 aromatic carbocycles. The quantitative estimate of drug-likeness (QED) is 0.477. The number of nitrogens with zero attached hydrogens (tertiary/aromatic N) is 1. The van der Waals surface area contributed by atoms with E-state index in [1.165, 1.54) is 0 Å². The number of nitrogens with one attached hydrogen (secondary N) is 3. The van der Waals surface area contributed by atoms with Crippen LogP contribution < -0.4 is 20.7 Å². The van der Waals surface area contributed by atoms with Crippen molar-refractivity contribution in [3.63, 3.8) is 0 Å². The molecule has 0 saturated heterocycles. The van der Waals surface area contributed by atoms with Gasteiger partial charge in [-0.05, 0) is 55.3 Å². The van der Waals surface area contributed by atoms with Gasteiger partial charge in [-0.2, -0.15) is 0 Å². The lowest BCUT2D eigenvalue weighted by Gasteiger charge is -2.34. The van der Waals surface area contributed by atoms with Crippen LogP contribution in [0.4, 0.5) is 0 Å². The van der Waals surface area contributed by atoms with Crippen LogP contribution in [0.3, 0.4) is 0 Å². The van der Waals surface area contributed by atoms with E-state index >= 15 is 0 Å². The van der Waals surface area contributed by atoms with Crippen molar-refractivity contribution in [1.82, 2.24) is 20.9 Å². The van der Waals surface area contributed by atoms with E-state index in [0.29, 0.717) is 12.2 Å². The predicted octanol–water partition coefficient (Wildman–Crippen LogP) is 3.90. The minimum atomic E-state index is -1.11. The molecule has 0 fully saturated rings. The number of hydrogen-bond acceptors (Lipinski definition) is 5. The molecule has 0 aromatic heterocycles. The zero-order valence-corrected chi connectivity index (χ0v) is 23.8. The van der Waals surface area contributed by atoms with Crippen LogP contribution in [-0.4, -0.2) is 54.8 Å². The minimum absolute atomic E-state index is 0.0515. The van der Waals surface area contributed by atoms with Crippen LogP contribution >= 0.6 is 0 Å². The van der Waals surface area contributed by atoms with Gasteiger partial charge in [0, 0.05) is 6.20 Å². The molecule has 8 nitrogen and oxygen atoms in total. The summed E-state index contributed by atoms with van der Waals surface area (Å²) in [6, 6.07) is 14.4. The van der Waals surface area contributed by atoms with Crippen molar-refractivity contribution in [2.75, 3.05) is 14.1 Å². The molecule has 39 heavy (non-hydrogen) atoms. The molecule has 0 radical (unpaired) electrons. The SMILES string of the molecule is CC[C@@H](C)[C@@H](C(=O)N[C@H]1C(=O)NC([C@@H](C)CC)C(=O)NC=Cc2ccc(cc2)O[C@@H]1c1ccccc1)N(C)C. The Labute approximate surface area is 232 Å². The lowest BCUT2D eigenvalue weighted by molar-refractivity contribution is -0.136. The van der Waals surface area contributed by atoms with Gasteiger partial charge >= 0.3 is 0 Å². The lowest BCUT2D eigenvalue weighted by Crippen LogP contribution is -2.60. The van der Waals surface area contributed by atoms with E-state index in [2.05, 4.69) is 16.0 Å². The molecule has 4 rings (SSSR count). The largest absolute Gasteiger partial charge is 0.483 e. The summed E-state index contributed by atoms with van der Waals surface area (Å²) in [6.07, 6.45) is 3.99. The average Bonchev–Trinajstić information content (AvgIpc) is 2.93. The Morgan fingerprint density at radius 2 is 1.64 bits per heavy atom. The van der Waals surface area contributed by atoms with E-state index in [1.54, 1.807) is 12.3 Å². The Balaban J connectivity index is 2.13. The molecule has 3 amide bonds. The van der Waals surface area contributed by atoms with Crippen molar-refractivity contribution in [3.05, 3.63) is 71.9 Å². The fourth-order valence-corrected chi connectivity index (χ4v) is 4.77. The molecule has 0 saturated carbocycles. The zero-order valence-electron chi connectivity index (χ0n) is 23.8. The van der Waals surface area contributed by atoms with E-state index in [-0.39, 0.29) is 23.7 Å². The normalized spacial score (nSPS) is 22.2. The molecule has 2 aromatic rings. The number of hydrogen-bond donors (Lipinski definition) is 3. The van der Waals surface area contributed by atoms with Crippen molar-refractivity contribution in [3.8, 4) is 5.75 Å². The van der Waals surface area contributed by atoms with Gasteiger partial charge in [0.15, 0.2) is 6.10 Å². The zero-order chi connectivity index (χ0) is 28.5. The molecule has 3 N–H and O–H groups in total. The van der Waals surface area contributed by atoms with Crippen LogP contribution in [0.2, 0.25) is 0 Å². The lowest BCUT2D eigenvalue weighted by atomic mass is 9.94. The van der Waals surface area contributed by atoms with Gasteiger partial charge in [-0.15, -0.1) is 0 Å². The van der Waals surface area contributed by atoms with Crippen LogP contribution in [0, 0.1) is 11.8 Å². The summed E-state index contributed by atoms with van der Waals surface area (Å²) >= 11 is 0. The van der Waals surface area contributed by atoms with Crippen LogP contribution in [0.15, 0.2) is 60.8 Å². The molecular formula is C31H42N4O4. The summed E-state index contributed by atoms with van der Waals surface area (Å²) in [5.74, 6) is -0.624. The fraction of sp³-hybridized carbons (Fsp3) is 0.452. The van der Waals surface area contributed by atoms with Crippen molar-refractivity contribution < 1.29 is 19.1 Å². The Hall–Kier alpha value is -3.65. The van der Waals surface area contributed by atoms with Gasteiger partial charge in [-0.25, -0.2) is 0 Å². The van der Waals surface area contributed by atoms with Crippen molar-refractivity contribution in [2.45, 2.75) is 64.8 Å². The van der Waals surface area contributed by atoms with E-state index in [0.717, 1.165) is 17.5 Å². The summed E-state index contributed by atoms with van der Waals surface area (Å²) in [7, 11) is 3.71. The minimum Gasteiger partial charge on any atom is -0.483 e. The van der Waals surface area contributed by atoms with Crippen LogP contribution in [0.1, 0.15) is 57.8 Å². The second kappa shape index (κ2) is 13.9. The molecule has 2 aliphatic heterocycles. The number of carbonyl (C=O) groups excluding carboxylic acids is 3. The topological polar surface area (TPSA) is 99.8 Å². The highest BCUT2D eigenvalue weighted by Crippen LogP contribution is 2.27. The van der Waals surface area contributed by atoms with Gasteiger partial charge in [0.05, 0.1) is 6.04 Å². The van der Waals surface area contributed by atoms with Gasteiger partial charge in [-0.1, -0.05) is 83.0 Å². The fourth-order valence-electron chi connectivity index (χ4n) is 4.77. The maximum atomic E-state index is 14.0. The summed E-state index contributed by atoms with van der Waals surface area (Å²) in [5, 5.41) is 8.75. The van der Waals surface area contributed by atoms with Gasteiger partial charge < -0.3 is 20.7 Å². The number of benzene rings is 2. The molecular weight excluding hydrogens is 492 g/mol. The molecule has 0 aliphatic carbocycles. The number of ether oxygens (including phenoxy) is 1. The van der Waals surface area contributed by atoms with E-state index in [9.17, 15) is 14.4 Å². The standard InChI is InChI=1S/C31H42N4O4/c1-7-20(3)25-29(36)32-19-18-22-14-16-24(17-15-22)39-28(23-12-10-9-11-13-23)26(30(37)33-25)34-31(38)27(35(5)6)21(4)8-2/h9-21,25-28H,7-8H2,1-6H3,(H,32,36)(H,33,37)(H,34,38)/t20-,21+,25?,26+,27-,28+/m0/s1. The number of carbonyl (C=O) groups is 3. The number of rotatable bonds is 8. The first-order valence-electron chi connectivity index (χ1n) is 13.7. The van der Waals surface area contributed by atoms with Crippen LogP contribution in [-0.2, 0) is 14.4 Å². The summed E-state index contributed by atoms with van der Waals surface area (Å²) < 4.78 is 6.44. The van der Waals surface area contributed by atoms with Gasteiger partial charge in [0.1, 0.15) is 17.8 Å². The van der Waals surface area contributed by atoms with Crippen LogP contribution in [0.5, 0.6) is 5.75 Å². The first-order valence-corrected chi connectivity index (χ1v) is 13.7. The van der Waals surface area contributed by atoms with E-state index in [1.807, 2.05) is 101 Å². The Morgan fingerprint density at radius 3 is 2.23 bits per heavy atom. The molecule has 0 spiro atoms. The average molecular weight is 535 g/mol. The van der Waals surface area contributed by atoms with Crippen molar-refractivity contribution in [2.24, 2.45) is 11.8 Å².